The standard InChI is InChI=1S/C21H13N3O4S/c25-20-23-15-10-11-22-19-16(15)17(24-20)18(29(19)21(26)27)12-6-8-14(9-7-12)28-13-4-2-1-3-5-13/h1-11H,(H2-,22,23,24,25,26,27)/p+1. The van der Waals surface area contributed by atoms with E-state index in [1.54, 1.807) is 30.3 Å². The van der Waals surface area contributed by atoms with Gasteiger partial charge >= 0.3 is 11.3 Å². The molecule has 2 amide bonds. The number of amides is 2. The number of pyridine rings is 1. The second kappa shape index (κ2) is 6.61. The largest absolute Gasteiger partial charge is 0.554 e. The van der Waals surface area contributed by atoms with Crippen LogP contribution < -0.4 is 15.4 Å². The molecule has 7 nitrogen and oxygen atoms in total. The smallest absolute Gasteiger partial charge is 0.457 e. The summed E-state index contributed by atoms with van der Waals surface area (Å²) >= 11 is 0. The lowest BCUT2D eigenvalue weighted by molar-refractivity contribution is 0.221. The lowest BCUT2D eigenvalue weighted by Gasteiger charge is -2.13. The quantitative estimate of drug-likeness (QED) is 0.366. The zero-order valence-corrected chi connectivity index (χ0v) is 15.7. The normalized spacial score (nSPS) is 13.0. The Morgan fingerprint density at radius 1 is 0.966 bits per heavy atom. The highest BCUT2D eigenvalue weighted by atomic mass is 32.2. The maximum absolute atomic E-state index is 12.1. The summed E-state index contributed by atoms with van der Waals surface area (Å²) in [4.78, 5) is 29.5. The fourth-order valence-electron chi connectivity index (χ4n) is 3.37. The number of rotatable bonds is 4. The van der Waals surface area contributed by atoms with Gasteiger partial charge in [0, 0.05) is 11.8 Å². The Morgan fingerprint density at radius 3 is 2.41 bits per heavy atom. The van der Waals surface area contributed by atoms with Crippen LogP contribution in [0.2, 0.25) is 0 Å². The maximum Gasteiger partial charge on any atom is 0.554 e. The summed E-state index contributed by atoms with van der Waals surface area (Å²) in [6, 6.07) is 17.8. The number of nitrogens with one attached hydrogen (secondary N) is 2. The molecule has 2 aromatic carbocycles. The Kier molecular flexibility index (Phi) is 3.92. The summed E-state index contributed by atoms with van der Waals surface area (Å²) in [7, 11) is -1.31. The molecule has 1 aliphatic heterocycles. The van der Waals surface area contributed by atoms with Crippen molar-refractivity contribution in [3.8, 4) is 21.9 Å². The zero-order chi connectivity index (χ0) is 20.0. The molecule has 3 heterocycles. The van der Waals surface area contributed by atoms with Crippen LogP contribution in [0.1, 0.15) is 0 Å². The number of benzene rings is 2. The van der Waals surface area contributed by atoms with Gasteiger partial charge in [0.1, 0.15) is 33.0 Å². The van der Waals surface area contributed by atoms with Crippen LogP contribution in [0, 0.1) is 0 Å². The summed E-state index contributed by atoms with van der Waals surface area (Å²) in [6.45, 7) is 0. The van der Waals surface area contributed by atoms with E-state index in [1.807, 2.05) is 30.3 Å². The predicted octanol–water partition coefficient (Wildman–Crippen LogP) is 5.93. The number of ether oxygens (including phenoxy) is 1. The molecule has 0 bridgehead atoms. The number of thiophene rings is 1. The van der Waals surface area contributed by atoms with Gasteiger partial charge in [-0.25, -0.2) is 9.78 Å². The second-order valence-electron chi connectivity index (χ2n) is 6.33. The van der Waals surface area contributed by atoms with Crippen LogP contribution in [0.15, 0.2) is 66.9 Å². The molecular weight excluding hydrogens is 390 g/mol. The maximum atomic E-state index is 12.1. The van der Waals surface area contributed by atoms with Gasteiger partial charge in [-0.2, -0.15) is 4.79 Å². The van der Waals surface area contributed by atoms with Crippen molar-refractivity contribution in [2.24, 2.45) is 0 Å². The van der Waals surface area contributed by atoms with Crippen LogP contribution in [0.5, 0.6) is 11.5 Å². The third kappa shape index (κ3) is 2.86. The number of urea groups is 1. The van der Waals surface area contributed by atoms with Crippen molar-refractivity contribution in [1.29, 1.82) is 0 Å². The molecule has 0 saturated heterocycles. The van der Waals surface area contributed by atoms with Crippen molar-refractivity contribution in [2.75, 3.05) is 10.6 Å². The van der Waals surface area contributed by atoms with E-state index in [-0.39, 0.29) is 0 Å². The van der Waals surface area contributed by atoms with Crippen molar-refractivity contribution in [1.82, 2.24) is 4.98 Å². The van der Waals surface area contributed by atoms with E-state index in [2.05, 4.69) is 15.6 Å². The molecule has 4 aromatic rings. The summed E-state index contributed by atoms with van der Waals surface area (Å²) in [5.41, 5.74) is 1.75. The van der Waals surface area contributed by atoms with E-state index < -0.39 is 21.8 Å². The topological polar surface area (TPSA) is 101 Å². The highest BCUT2D eigenvalue weighted by molar-refractivity contribution is 7.57. The van der Waals surface area contributed by atoms with Crippen LogP contribution in [0.3, 0.4) is 0 Å². The minimum atomic E-state index is -1.31. The average Bonchev–Trinajstić information content (AvgIpc) is 3.05. The van der Waals surface area contributed by atoms with Crippen LogP contribution in [-0.4, -0.2) is 21.4 Å². The molecule has 1 aliphatic rings. The van der Waals surface area contributed by atoms with E-state index in [4.69, 9.17) is 4.74 Å². The Hall–Kier alpha value is -3.91. The molecule has 8 heteroatoms. The molecule has 0 radical (unpaired) electrons. The highest BCUT2D eigenvalue weighted by Crippen LogP contribution is 2.52. The van der Waals surface area contributed by atoms with Gasteiger partial charge in [-0.3, -0.25) is 0 Å². The molecule has 142 valence electrons. The summed E-state index contributed by atoms with van der Waals surface area (Å²) in [5.74, 6) is 1.34. The Morgan fingerprint density at radius 2 is 1.69 bits per heavy atom. The molecule has 1 atom stereocenters. The first-order valence-corrected chi connectivity index (χ1v) is 9.96. The van der Waals surface area contributed by atoms with Crippen molar-refractivity contribution >= 4 is 43.4 Å². The van der Waals surface area contributed by atoms with Gasteiger partial charge in [0.25, 0.3) is 4.83 Å². The van der Waals surface area contributed by atoms with Gasteiger partial charge in [0.15, 0.2) is 0 Å². The number of carbonyl (C=O) groups is 2. The van der Waals surface area contributed by atoms with E-state index in [0.29, 0.717) is 43.5 Å². The minimum Gasteiger partial charge on any atom is -0.457 e. The summed E-state index contributed by atoms with van der Waals surface area (Å²) < 4.78 is 5.81. The van der Waals surface area contributed by atoms with Gasteiger partial charge in [-0.1, -0.05) is 18.2 Å². The second-order valence-corrected chi connectivity index (χ2v) is 8.09. The molecular formula is C21H14N3O4S+. The molecule has 0 spiro atoms. The van der Waals surface area contributed by atoms with Crippen molar-refractivity contribution < 1.29 is 19.4 Å². The number of nitrogens with zero attached hydrogens (tertiary/aromatic N) is 1. The molecule has 1 unspecified atom stereocenters. The van der Waals surface area contributed by atoms with Crippen LogP contribution in [-0.2, 0) is 0 Å². The average molecular weight is 404 g/mol. The summed E-state index contributed by atoms with van der Waals surface area (Å²) in [6.07, 6.45) is 1.51. The van der Waals surface area contributed by atoms with Crippen LogP contribution in [0.4, 0.5) is 21.0 Å². The van der Waals surface area contributed by atoms with Gasteiger partial charge in [-0.05, 0) is 42.5 Å². The number of anilines is 2. The minimum absolute atomic E-state index is 0.401. The molecule has 0 aliphatic carbocycles. The monoisotopic (exact) mass is 404 g/mol. The number of hydrogen-bond donors (Lipinski definition) is 3. The van der Waals surface area contributed by atoms with E-state index in [1.165, 1.54) is 6.20 Å². The van der Waals surface area contributed by atoms with Gasteiger partial charge < -0.3 is 20.5 Å². The number of carbonyl (C=O) groups excluding carboxylic acids is 1. The first-order valence-electron chi connectivity index (χ1n) is 8.74. The number of aromatic nitrogens is 1. The van der Waals surface area contributed by atoms with Crippen molar-refractivity contribution in [3.05, 3.63) is 66.9 Å². The predicted molar refractivity (Wildman–Crippen MR) is 112 cm³/mol. The van der Waals surface area contributed by atoms with Gasteiger partial charge in [-0.15, -0.1) is 0 Å². The molecule has 0 saturated carbocycles. The summed E-state index contributed by atoms with van der Waals surface area (Å²) in [5, 5.41) is 15.0. The first kappa shape index (κ1) is 17.2. The van der Waals surface area contributed by atoms with Crippen molar-refractivity contribution in [3.63, 3.8) is 0 Å². The third-order valence-electron chi connectivity index (χ3n) is 4.55. The molecule has 0 fully saturated rings. The fourth-order valence-corrected chi connectivity index (χ4v) is 5.22. The van der Waals surface area contributed by atoms with Crippen molar-refractivity contribution in [2.45, 2.75) is 0 Å². The number of hydrogen-bond acceptors (Lipinski definition) is 4. The third-order valence-corrected chi connectivity index (χ3v) is 6.44. The first-order chi connectivity index (χ1) is 14.1. The number of carboxylic acid groups (broad SMARTS) is 1. The zero-order valence-electron chi connectivity index (χ0n) is 14.9. The SMILES string of the molecule is O=C1Nc2ccnc3c2c(c(-c2ccc(Oc4ccccc4)cc2)[s+]3C(=O)O)N1. The Labute approximate surface area is 167 Å². The molecule has 29 heavy (non-hydrogen) atoms. The van der Waals surface area contributed by atoms with Crippen LogP contribution >= 0.6 is 10.5 Å². The van der Waals surface area contributed by atoms with Crippen LogP contribution in [0.25, 0.3) is 20.7 Å². The molecule has 5 rings (SSSR count). The van der Waals surface area contributed by atoms with Gasteiger partial charge in [0.2, 0.25) is 4.88 Å². The highest BCUT2D eigenvalue weighted by Gasteiger charge is 2.39. The lowest BCUT2D eigenvalue weighted by Crippen LogP contribution is -2.23. The molecule has 3 N–H and O–H groups in total. The van der Waals surface area contributed by atoms with E-state index >= 15 is 0 Å². The van der Waals surface area contributed by atoms with E-state index in [0.717, 1.165) is 0 Å². The number of para-hydroxylation sites is 1. The van der Waals surface area contributed by atoms with Gasteiger partial charge in [0.05, 0.1) is 5.69 Å². The Bertz CT molecular complexity index is 1270. The van der Waals surface area contributed by atoms with E-state index in [9.17, 15) is 14.7 Å². The lowest BCUT2D eigenvalue weighted by atomic mass is 10.1. The fraction of sp³-hybridized carbons (Fsp3) is 0. The molecule has 2 aromatic heterocycles. The Balaban J connectivity index is 1.64.